The predicted molar refractivity (Wildman–Crippen MR) is 84.3 cm³/mol. The zero-order valence-electron chi connectivity index (χ0n) is 13.6. The van der Waals surface area contributed by atoms with Crippen LogP contribution in [0.15, 0.2) is 0 Å². The zero-order chi connectivity index (χ0) is 16.4. The second kappa shape index (κ2) is 6.86. The third-order valence-corrected chi connectivity index (χ3v) is 5.15. The van der Waals surface area contributed by atoms with Gasteiger partial charge in [0.25, 0.3) is 0 Å². The lowest BCUT2D eigenvalue weighted by Crippen LogP contribution is -2.55. The largest absolute Gasteiger partial charge is 0.368 e. The van der Waals surface area contributed by atoms with Gasteiger partial charge in [0.15, 0.2) is 0 Å². The van der Waals surface area contributed by atoms with Crippen LogP contribution in [0.1, 0.15) is 32.1 Å². The topological polar surface area (TPSA) is 86.9 Å². The maximum atomic E-state index is 12.5. The Bertz CT molecular complexity index is 484. The first-order chi connectivity index (χ1) is 11.1. The Morgan fingerprint density at radius 3 is 2.13 bits per heavy atom. The van der Waals surface area contributed by atoms with Crippen molar-refractivity contribution in [2.45, 2.75) is 38.1 Å². The van der Waals surface area contributed by atoms with Gasteiger partial charge in [-0.2, -0.15) is 0 Å². The number of carbonyl (C=O) groups excluding carboxylic acids is 3. The lowest BCUT2D eigenvalue weighted by molar-refractivity contribution is -0.142. The van der Waals surface area contributed by atoms with E-state index in [0.717, 1.165) is 38.6 Å². The molecule has 1 atom stereocenters. The summed E-state index contributed by atoms with van der Waals surface area (Å²) in [7, 11) is 0. The molecular weight excluding hydrogens is 296 g/mol. The average molecular weight is 322 g/mol. The molecule has 0 spiro atoms. The average Bonchev–Trinajstić information content (AvgIpc) is 3.39. The quantitative estimate of drug-likeness (QED) is 0.749. The Morgan fingerprint density at radius 1 is 0.870 bits per heavy atom. The fraction of sp³-hybridized carbons (Fsp3) is 0.812. The summed E-state index contributed by atoms with van der Waals surface area (Å²) in [5.74, 6) is 0.192. The maximum absolute atomic E-state index is 12.5. The van der Waals surface area contributed by atoms with E-state index < -0.39 is 0 Å². The molecule has 7 nitrogen and oxygen atoms in total. The molecule has 3 amide bonds. The Kier molecular flexibility index (Phi) is 4.84. The number of nitrogens with two attached hydrogens (primary N) is 1. The Morgan fingerprint density at radius 2 is 1.52 bits per heavy atom. The third kappa shape index (κ3) is 3.83. The molecule has 1 unspecified atom stereocenters. The molecule has 1 saturated carbocycles. The van der Waals surface area contributed by atoms with Crippen molar-refractivity contribution in [3.8, 4) is 0 Å². The summed E-state index contributed by atoms with van der Waals surface area (Å²) in [5.41, 5.74) is 5.45. The molecule has 0 bridgehead atoms. The highest BCUT2D eigenvalue weighted by atomic mass is 16.2. The van der Waals surface area contributed by atoms with Gasteiger partial charge in [-0.15, -0.1) is 0 Å². The fourth-order valence-electron chi connectivity index (χ4n) is 3.54. The highest BCUT2D eigenvalue weighted by molar-refractivity contribution is 5.83. The van der Waals surface area contributed by atoms with Crippen LogP contribution in [0.5, 0.6) is 0 Å². The number of hydrogen-bond donors (Lipinski definition) is 1. The van der Waals surface area contributed by atoms with Gasteiger partial charge in [0.05, 0.1) is 12.6 Å². The number of likely N-dealkylation sites (tertiary alicyclic amines) is 1. The van der Waals surface area contributed by atoms with Crippen molar-refractivity contribution in [1.29, 1.82) is 0 Å². The fourth-order valence-corrected chi connectivity index (χ4v) is 3.54. The molecule has 1 aliphatic carbocycles. The standard InChI is InChI=1S/C16H26N4O3/c17-15(22)13-3-1-2-6-20(13)11-14(21)18-7-9-19(10-8-18)16(23)12-4-5-12/h12-13H,1-11H2,(H2,17,22). The lowest BCUT2D eigenvalue weighted by atomic mass is 10.0. The van der Waals surface area contributed by atoms with Crippen LogP contribution in [0.2, 0.25) is 0 Å². The van der Waals surface area contributed by atoms with Crippen LogP contribution in [0, 0.1) is 5.92 Å². The molecule has 2 saturated heterocycles. The first kappa shape index (κ1) is 16.2. The van der Waals surface area contributed by atoms with Crippen molar-refractivity contribution in [3.05, 3.63) is 0 Å². The van der Waals surface area contributed by atoms with Gasteiger partial charge in [0.2, 0.25) is 17.7 Å². The van der Waals surface area contributed by atoms with E-state index in [9.17, 15) is 14.4 Å². The lowest BCUT2D eigenvalue weighted by Gasteiger charge is -2.38. The third-order valence-electron chi connectivity index (χ3n) is 5.15. The summed E-state index contributed by atoms with van der Waals surface area (Å²) in [5, 5.41) is 0. The number of amides is 3. The van der Waals surface area contributed by atoms with E-state index in [0.29, 0.717) is 26.2 Å². The van der Waals surface area contributed by atoms with E-state index in [-0.39, 0.29) is 36.2 Å². The molecule has 128 valence electrons. The second-order valence-electron chi connectivity index (χ2n) is 6.86. The van der Waals surface area contributed by atoms with Crippen molar-refractivity contribution in [2.75, 3.05) is 39.3 Å². The van der Waals surface area contributed by atoms with Crippen molar-refractivity contribution in [1.82, 2.24) is 14.7 Å². The van der Waals surface area contributed by atoms with Gasteiger partial charge >= 0.3 is 0 Å². The van der Waals surface area contributed by atoms with Gasteiger partial charge in [-0.3, -0.25) is 19.3 Å². The van der Waals surface area contributed by atoms with Crippen molar-refractivity contribution in [2.24, 2.45) is 11.7 Å². The van der Waals surface area contributed by atoms with Gasteiger partial charge < -0.3 is 15.5 Å². The van der Waals surface area contributed by atoms with Gasteiger partial charge in [0.1, 0.15) is 0 Å². The van der Waals surface area contributed by atoms with Crippen molar-refractivity contribution in [3.63, 3.8) is 0 Å². The molecule has 23 heavy (non-hydrogen) atoms. The highest BCUT2D eigenvalue weighted by Gasteiger charge is 2.36. The minimum Gasteiger partial charge on any atom is -0.368 e. The van der Waals surface area contributed by atoms with Crippen molar-refractivity contribution < 1.29 is 14.4 Å². The van der Waals surface area contributed by atoms with E-state index in [2.05, 4.69) is 0 Å². The molecule has 3 aliphatic rings. The van der Waals surface area contributed by atoms with E-state index in [4.69, 9.17) is 5.73 Å². The van der Waals surface area contributed by atoms with E-state index in [1.165, 1.54) is 0 Å². The molecule has 0 aromatic rings. The summed E-state index contributed by atoms with van der Waals surface area (Å²) in [6.45, 7) is 3.43. The normalized spacial score (nSPS) is 26.2. The first-order valence-corrected chi connectivity index (χ1v) is 8.66. The molecule has 3 fully saturated rings. The zero-order valence-corrected chi connectivity index (χ0v) is 13.6. The second-order valence-corrected chi connectivity index (χ2v) is 6.86. The molecule has 2 N–H and O–H groups in total. The number of hydrogen-bond acceptors (Lipinski definition) is 4. The minimum atomic E-state index is -0.336. The van der Waals surface area contributed by atoms with Gasteiger partial charge in [-0.25, -0.2) is 0 Å². The van der Waals surface area contributed by atoms with Crippen LogP contribution >= 0.6 is 0 Å². The van der Waals surface area contributed by atoms with Crippen LogP contribution in [0.3, 0.4) is 0 Å². The molecular formula is C16H26N4O3. The number of nitrogens with zero attached hydrogens (tertiary/aromatic N) is 3. The minimum absolute atomic E-state index is 0.0386. The summed E-state index contributed by atoms with van der Waals surface area (Å²) in [4.78, 5) is 41.6. The Balaban J connectivity index is 1.48. The van der Waals surface area contributed by atoms with E-state index >= 15 is 0 Å². The number of rotatable bonds is 4. The number of primary amides is 1. The van der Waals surface area contributed by atoms with Crippen molar-refractivity contribution >= 4 is 17.7 Å². The smallest absolute Gasteiger partial charge is 0.236 e. The molecule has 0 aromatic heterocycles. The van der Waals surface area contributed by atoms with Crippen LogP contribution in [-0.2, 0) is 14.4 Å². The van der Waals surface area contributed by atoms with E-state index in [1.807, 2.05) is 14.7 Å². The molecule has 2 heterocycles. The van der Waals surface area contributed by atoms with Crippen LogP contribution in [0.4, 0.5) is 0 Å². The van der Waals surface area contributed by atoms with Crippen LogP contribution in [-0.4, -0.2) is 77.7 Å². The summed E-state index contributed by atoms with van der Waals surface area (Å²) in [6.07, 6.45) is 4.76. The monoisotopic (exact) mass is 322 g/mol. The Labute approximate surface area is 136 Å². The molecule has 7 heteroatoms. The molecule has 3 rings (SSSR count). The summed E-state index contributed by atoms with van der Waals surface area (Å²) < 4.78 is 0. The first-order valence-electron chi connectivity index (χ1n) is 8.66. The predicted octanol–water partition coefficient (Wildman–Crippen LogP) is -0.593. The van der Waals surface area contributed by atoms with Crippen LogP contribution < -0.4 is 5.73 Å². The highest BCUT2D eigenvalue weighted by Crippen LogP contribution is 2.31. The molecule has 0 aromatic carbocycles. The SMILES string of the molecule is NC(=O)C1CCCCN1CC(=O)N1CCN(C(=O)C2CC2)CC1. The molecule has 0 radical (unpaired) electrons. The van der Waals surface area contributed by atoms with Gasteiger partial charge in [-0.1, -0.05) is 6.42 Å². The van der Waals surface area contributed by atoms with Gasteiger partial charge in [0, 0.05) is 32.1 Å². The summed E-state index contributed by atoms with van der Waals surface area (Å²) in [6, 6.07) is -0.314. The van der Waals surface area contributed by atoms with Gasteiger partial charge in [-0.05, 0) is 32.2 Å². The number of carbonyl (C=O) groups is 3. The van der Waals surface area contributed by atoms with Crippen LogP contribution in [0.25, 0.3) is 0 Å². The van der Waals surface area contributed by atoms with E-state index in [1.54, 1.807) is 0 Å². The maximum Gasteiger partial charge on any atom is 0.236 e. The molecule has 2 aliphatic heterocycles. The number of piperazine rings is 1. The Hall–Kier alpha value is -1.63. The summed E-state index contributed by atoms with van der Waals surface area (Å²) >= 11 is 0. The number of piperidine rings is 1.